The molecule has 2 aliphatic rings. The third kappa shape index (κ3) is 0.531. The Bertz CT molecular complexity index is 100. The van der Waals surface area contributed by atoms with Gasteiger partial charge in [-0.2, -0.15) is 0 Å². The van der Waals surface area contributed by atoms with E-state index in [2.05, 4.69) is 30.4 Å². The molecule has 2 rings (SSSR count). The predicted octanol–water partition coefficient (Wildman–Crippen LogP) is 1.95. The molecule has 0 aromatic heterocycles. The van der Waals surface area contributed by atoms with Crippen molar-refractivity contribution in [2.24, 2.45) is 0 Å². The molecule has 0 amide bonds. The summed E-state index contributed by atoms with van der Waals surface area (Å²) in [6.45, 7) is 2.38. The Kier molecular flexibility index (Phi) is 0.757. The lowest BCUT2D eigenvalue weighted by Crippen LogP contribution is -1.98. The summed E-state index contributed by atoms with van der Waals surface area (Å²) in [6.07, 6.45) is 1.45. The maximum Gasteiger partial charge on any atom is 0.0653 e. The van der Waals surface area contributed by atoms with Crippen LogP contribution in [0.4, 0.5) is 0 Å². The topological polar surface area (TPSA) is 0 Å². The van der Waals surface area contributed by atoms with E-state index in [0.29, 0.717) is 0 Å². The van der Waals surface area contributed by atoms with Gasteiger partial charge < -0.3 is 0 Å². The molecule has 2 heterocycles. The van der Waals surface area contributed by atoms with Crippen molar-refractivity contribution in [1.29, 1.82) is 0 Å². The van der Waals surface area contributed by atoms with E-state index in [4.69, 9.17) is 0 Å². The standard InChI is InChI=1S/C5H8S2/c1-5-2-3-6-4(5)7-5/h4H,2-3H2,1H3. The Balaban J connectivity index is 2.17. The molecule has 0 spiro atoms. The normalized spacial score (nSPS) is 57.0. The zero-order valence-electron chi connectivity index (χ0n) is 4.31. The minimum Gasteiger partial charge on any atom is -0.146 e. The average Bonchev–Trinajstić information content (AvgIpc) is 2.09. The van der Waals surface area contributed by atoms with Gasteiger partial charge in [0.2, 0.25) is 0 Å². The Morgan fingerprint density at radius 3 is 2.71 bits per heavy atom. The molecule has 0 nitrogen and oxygen atoms in total. The highest BCUT2D eigenvalue weighted by atomic mass is 32.2. The SMILES string of the molecule is CC12CCSC1S2. The second-order valence-corrected chi connectivity index (χ2v) is 5.53. The third-order valence-corrected chi connectivity index (χ3v) is 5.25. The number of hydrogen-bond acceptors (Lipinski definition) is 2. The van der Waals surface area contributed by atoms with Crippen LogP contribution in [0.25, 0.3) is 0 Å². The van der Waals surface area contributed by atoms with Crippen LogP contribution in [0.1, 0.15) is 13.3 Å². The molecule has 7 heavy (non-hydrogen) atoms. The van der Waals surface area contributed by atoms with Crippen LogP contribution >= 0.6 is 23.5 Å². The molecule has 0 N–H and O–H groups in total. The van der Waals surface area contributed by atoms with Crippen molar-refractivity contribution < 1.29 is 0 Å². The van der Waals surface area contributed by atoms with Crippen LogP contribution in [-0.2, 0) is 0 Å². The summed E-state index contributed by atoms with van der Waals surface area (Å²) in [6, 6.07) is 0. The van der Waals surface area contributed by atoms with E-state index in [9.17, 15) is 0 Å². The summed E-state index contributed by atoms with van der Waals surface area (Å²) < 4.78 is 1.73. The van der Waals surface area contributed by atoms with Crippen molar-refractivity contribution in [1.82, 2.24) is 0 Å². The fourth-order valence-electron chi connectivity index (χ4n) is 0.966. The molecule has 2 unspecified atom stereocenters. The zero-order chi connectivity index (χ0) is 4.91. The Labute approximate surface area is 52.4 Å². The summed E-state index contributed by atoms with van der Waals surface area (Å²) in [4.78, 5) is 0. The van der Waals surface area contributed by atoms with E-state index in [1.165, 1.54) is 12.2 Å². The summed E-state index contributed by atoms with van der Waals surface area (Å²) in [5.74, 6) is 1.41. The van der Waals surface area contributed by atoms with Crippen molar-refractivity contribution in [3.8, 4) is 0 Å². The molecule has 2 aliphatic heterocycles. The molecular weight excluding hydrogens is 124 g/mol. The first-order valence-corrected chi connectivity index (χ1v) is 4.53. The maximum absolute atomic E-state index is 2.38. The van der Waals surface area contributed by atoms with E-state index in [1.54, 1.807) is 0 Å². The van der Waals surface area contributed by atoms with Gasteiger partial charge in [0.05, 0.1) is 4.58 Å². The molecule has 0 aromatic rings. The molecule has 2 atom stereocenters. The van der Waals surface area contributed by atoms with Crippen LogP contribution in [0.2, 0.25) is 0 Å². The van der Waals surface area contributed by atoms with E-state index in [0.717, 1.165) is 9.33 Å². The summed E-state index contributed by atoms with van der Waals surface area (Å²) in [5, 5.41) is 0. The van der Waals surface area contributed by atoms with Crippen LogP contribution in [0.3, 0.4) is 0 Å². The smallest absolute Gasteiger partial charge is 0.0653 e. The van der Waals surface area contributed by atoms with Crippen molar-refractivity contribution in [3.63, 3.8) is 0 Å². The van der Waals surface area contributed by atoms with Gasteiger partial charge in [-0.15, -0.1) is 23.5 Å². The van der Waals surface area contributed by atoms with Crippen LogP contribution in [0.5, 0.6) is 0 Å². The highest BCUT2D eigenvalue weighted by molar-refractivity contribution is 8.25. The highest BCUT2D eigenvalue weighted by Crippen LogP contribution is 2.65. The maximum atomic E-state index is 2.38. The van der Waals surface area contributed by atoms with E-state index >= 15 is 0 Å². The number of rotatable bonds is 0. The monoisotopic (exact) mass is 132 g/mol. The highest BCUT2D eigenvalue weighted by Gasteiger charge is 2.55. The fraction of sp³-hybridized carbons (Fsp3) is 1.00. The van der Waals surface area contributed by atoms with Gasteiger partial charge >= 0.3 is 0 Å². The molecule has 0 saturated carbocycles. The first-order valence-electron chi connectivity index (χ1n) is 2.61. The summed E-state index contributed by atoms with van der Waals surface area (Å²) in [7, 11) is 0. The molecule has 0 bridgehead atoms. The van der Waals surface area contributed by atoms with Crippen LogP contribution in [0, 0.1) is 0 Å². The predicted molar refractivity (Wildman–Crippen MR) is 36.9 cm³/mol. The Hall–Kier alpha value is 0.700. The molecular formula is C5H8S2. The van der Waals surface area contributed by atoms with Gasteiger partial charge in [0.15, 0.2) is 0 Å². The lowest BCUT2D eigenvalue weighted by molar-refractivity contribution is 0.780. The second-order valence-electron chi connectivity index (χ2n) is 2.38. The minimum atomic E-state index is 0.741. The second kappa shape index (κ2) is 1.16. The zero-order valence-corrected chi connectivity index (χ0v) is 5.94. The van der Waals surface area contributed by atoms with Crippen molar-refractivity contribution in [3.05, 3.63) is 0 Å². The van der Waals surface area contributed by atoms with Crippen LogP contribution < -0.4 is 0 Å². The van der Waals surface area contributed by atoms with Gasteiger partial charge in [0.1, 0.15) is 0 Å². The Morgan fingerprint density at radius 2 is 2.57 bits per heavy atom. The molecule has 2 fully saturated rings. The summed E-state index contributed by atoms with van der Waals surface area (Å²) in [5.41, 5.74) is 0. The van der Waals surface area contributed by atoms with Crippen molar-refractivity contribution >= 4 is 23.5 Å². The van der Waals surface area contributed by atoms with Gasteiger partial charge in [0, 0.05) is 4.75 Å². The van der Waals surface area contributed by atoms with Crippen molar-refractivity contribution in [2.75, 3.05) is 5.75 Å². The summed E-state index contributed by atoms with van der Waals surface area (Å²) >= 11 is 4.28. The first kappa shape index (κ1) is 4.57. The van der Waals surface area contributed by atoms with E-state index < -0.39 is 0 Å². The van der Waals surface area contributed by atoms with E-state index in [-0.39, 0.29) is 0 Å². The molecule has 2 saturated heterocycles. The number of hydrogen-bond donors (Lipinski definition) is 0. The van der Waals surface area contributed by atoms with Crippen LogP contribution in [-0.4, -0.2) is 15.1 Å². The molecule has 40 valence electrons. The van der Waals surface area contributed by atoms with Crippen molar-refractivity contribution in [2.45, 2.75) is 22.7 Å². The van der Waals surface area contributed by atoms with Gasteiger partial charge in [0.25, 0.3) is 0 Å². The molecule has 0 aliphatic carbocycles. The average molecular weight is 132 g/mol. The largest absolute Gasteiger partial charge is 0.146 e. The Morgan fingerprint density at radius 1 is 1.71 bits per heavy atom. The van der Waals surface area contributed by atoms with Gasteiger partial charge in [-0.25, -0.2) is 0 Å². The third-order valence-electron chi connectivity index (χ3n) is 1.69. The number of fused-ring (bicyclic) bond motifs is 1. The molecule has 2 heteroatoms. The molecule has 0 radical (unpaired) electrons. The number of thioether (sulfide) groups is 2. The minimum absolute atomic E-state index is 0.741. The van der Waals surface area contributed by atoms with Gasteiger partial charge in [-0.3, -0.25) is 0 Å². The first-order chi connectivity index (χ1) is 3.31. The van der Waals surface area contributed by atoms with Gasteiger partial charge in [-0.05, 0) is 19.1 Å². The molecule has 0 aromatic carbocycles. The lowest BCUT2D eigenvalue weighted by Gasteiger charge is -1.93. The lowest BCUT2D eigenvalue weighted by atomic mass is 10.2. The van der Waals surface area contributed by atoms with Gasteiger partial charge in [-0.1, -0.05) is 0 Å². The quantitative estimate of drug-likeness (QED) is 0.462. The van der Waals surface area contributed by atoms with E-state index in [1.807, 2.05) is 0 Å². The van der Waals surface area contributed by atoms with Crippen LogP contribution in [0.15, 0.2) is 0 Å². The fourth-order valence-corrected chi connectivity index (χ4v) is 4.50.